The first-order chi connectivity index (χ1) is 13.3. The van der Waals surface area contributed by atoms with Gasteiger partial charge in [-0.3, -0.25) is 4.79 Å². The molecule has 3 aromatic rings. The predicted molar refractivity (Wildman–Crippen MR) is 121 cm³/mol. The maximum Gasteiger partial charge on any atom is 0.248 e. The zero-order valence-corrected chi connectivity index (χ0v) is 17.9. The van der Waals surface area contributed by atoms with Crippen LogP contribution < -0.4 is 4.80 Å². The number of benzene rings is 2. The molecule has 0 saturated carbocycles. The van der Waals surface area contributed by atoms with E-state index in [1.54, 1.807) is 11.3 Å². The molecule has 0 radical (unpaired) electrons. The Hall–Kier alpha value is -1.50. The molecule has 2 aromatic carbocycles. The molecule has 0 aliphatic carbocycles. The highest BCUT2D eigenvalue weighted by molar-refractivity contribution is 7.98. The first kappa shape index (κ1) is 20.2. The number of fused-ring (bicyclic) bond motifs is 1. The second-order valence-electron chi connectivity index (χ2n) is 6.14. The molecule has 0 saturated heterocycles. The number of amides is 1. The van der Waals surface area contributed by atoms with Gasteiger partial charge in [-0.2, -0.15) is 28.5 Å². The quantitative estimate of drug-likeness (QED) is 0.449. The fourth-order valence-electron chi connectivity index (χ4n) is 2.76. The Bertz CT molecular complexity index is 931. The third kappa shape index (κ3) is 5.99. The molecule has 6 heteroatoms. The summed E-state index contributed by atoms with van der Waals surface area (Å²) in [4.78, 5) is 17.6. The summed E-state index contributed by atoms with van der Waals surface area (Å²) in [5.41, 5.74) is 2.50. The van der Waals surface area contributed by atoms with Crippen molar-refractivity contribution >= 4 is 51.0 Å². The van der Waals surface area contributed by atoms with E-state index in [-0.39, 0.29) is 5.91 Å². The van der Waals surface area contributed by atoms with Crippen LogP contribution in [0.4, 0.5) is 0 Å². The predicted octanol–water partition coefficient (Wildman–Crippen LogP) is 5.21. The van der Waals surface area contributed by atoms with E-state index in [0.717, 1.165) is 35.0 Å². The van der Waals surface area contributed by atoms with Crippen LogP contribution in [0.25, 0.3) is 10.2 Å². The summed E-state index contributed by atoms with van der Waals surface area (Å²) in [6.07, 6.45) is 3.48. The summed E-state index contributed by atoms with van der Waals surface area (Å²) in [7, 11) is 0. The number of carbonyl (C=O) groups is 1. The van der Waals surface area contributed by atoms with E-state index >= 15 is 0 Å². The van der Waals surface area contributed by atoms with Gasteiger partial charge in [-0.25, -0.2) is 0 Å². The molecule has 27 heavy (non-hydrogen) atoms. The fourth-order valence-corrected chi connectivity index (χ4v) is 5.12. The smallest absolute Gasteiger partial charge is 0.248 e. The van der Waals surface area contributed by atoms with Crippen LogP contribution in [0.5, 0.6) is 0 Å². The molecule has 142 valence electrons. The Labute approximate surface area is 172 Å². The molecule has 0 aliphatic heterocycles. The lowest BCUT2D eigenvalue weighted by Gasteiger charge is -2.03. The summed E-state index contributed by atoms with van der Waals surface area (Å²) < 4.78 is 3.36. The number of hydrogen-bond donors (Lipinski definition) is 0. The third-order valence-electron chi connectivity index (χ3n) is 4.12. The Balaban J connectivity index is 1.58. The molecule has 1 aromatic heterocycles. The maximum absolute atomic E-state index is 12.4. The summed E-state index contributed by atoms with van der Waals surface area (Å²) in [6, 6.07) is 18.7. The number of carbonyl (C=O) groups excluding carboxylic acids is 1. The fraction of sp³-hybridized carbons (Fsp3) is 0.333. The molecule has 0 spiro atoms. The summed E-state index contributed by atoms with van der Waals surface area (Å²) in [5.74, 6) is 2.98. The highest BCUT2D eigenvalue weighted by Gasteiger charge is 2.07. The standard InChI is InChI=1S/C21H24N2OS3/c1-25-15-13-23-18-10-5-6-11-19(18)27-21(23)22-20(24)12-7-14-26-16-17-8-3-2-4-9-17/h2-6,8-11H,7,12-16H2,1H3. The second-order valence-corrected chi connectivity index (χ2v) is 9.24. The minimum absolute atomic E-state index is 0.0141. The number of nitrogens with zero attached hydrogens (tertiary/aromatic N) is 2. The van der Waals surface area contributed by atoms with Crippen molar-refractivity contribution in [2.24, 2.45) is 4.99 Å². The van der Waals surface area contributed by atoms with E-state index in [1.165, 1.54) is 15.8 Å². The van der Waals surface area contributed by atoms with Crippen LogP contribution in [0.1, 0.15) is 18.4 Å². The summed E-state index contributed by atoms with van der Waals surface area (Å²) in [6.45, 7) is 0.879. The third-order valence-corrected chi connectivity index (χ3v) is 6.88. The average molecular weight is 417 g/mol. The molecule has 0 atom stereocenters. The molecule has 1 heterocycles. The minimum Gasteiger partial charge on any atom is -0.316 e. The van der Waals surface area contributed by atoms with E-state index in [2.05, 4.69) is 52.2 Å². The van der Waals surface area contributed by atoms with Crippen molar-refractivity contribution in [3.63, 3.8) is 0 Å². The molecular formula is C21H24N2OS3. The van der Waals surface area contributed by atoms with Crippen LogP contribution in [0.2, 0.25) is 0 Å². The van der Waals surface area contributed by atoms with Crippen molar-refractivity contribution < 1.29 is 4.79 Å². The molecule has 3 rings (SSSR count). The van der Waals surface area contributed by atoms with Crippen LogP contribution >= 0.6 is 34.9 Å². The Kier molecular flexibility index (Phi) is 8.05. The molecule has 3 nitrogen and oxygen atoms in total. The van der Waals surface area contributed by atoms with E-state index in [9.17, 15) is 4.79 Å². The maximum atomic E-state index is 12.4. The minimum atomic E-state index is -0.0141. The Morgan fingerprint density at radius 2 is 1.85 bits per heavy atom. The van der Waals surface area contributed by atoms with Gasteiger partial charge in [0.1, 0.15) is 0 Å². The van der Waals surface area contributed by atoms with Gasteiger partial charge >= 0.3 is 0 Å². The first-order valence-corrected chi connectivity index (χ1v) is 12.4. The van der Waals surface area contributed by atoms with Crippen LogP contribution in [0.3, 0.4) is 0 Å². The largest absolute Gasteiger partial charge is 0.316 e. The van der Waals surface area contributed by atoms with Crippen molar-refractivity contribution in [2.75, 3.05) is 17.8 Å². The van der Waals surface area contributed by atoms with Gasteiger partial charge in [-0.1, -0.05) is 53.8 Å². The Morgan fingerprint density at radius 3 is 2.67 bits per heavy atom. The molecule has 0 bridgehead atoms. The van der Waals surface area contributed by atoms with Gasteiger partial charge < -0.3 is 4.57 Å². The van der Waals surface area contributed by atoms with Crippen molar-refractivity contribution in [3.8, 4) is 0 Å². The lowest BCUT2D eigenvalue weighted by atomic mass is 10.2. The number of rotatable bonds is 9. The van der Waals surface area contributed by atoms with Crippen LogP contribution in [0, 0.1) is 0 Å². The first-order valence-electron chi connectivity index (χ1n) is 9.04. The van der Waals surface area contributed by atoms with Gasteiger partial charge in [0.05, 0.1) is 10.2 Å². The van der Waals surface area contributed by atoms with Gasteiger partial charge in [0.25, 0.3) is 0 Å². The normalized spacial score (nSPS) is 12.0. The topological polar surface area (TPSA) is 34.4 Å². The van der Waals surface area contributed by atoms with Crippen LogP contribution in [-0.2, 0) is 17.1 Å². The van der Waals surface area contributed by atoms with Crippen molar-refractivity contribution in [1.29, 1.82) is 0 Å². The molecule has 0 unspecified atom stereocenters. The van der Waals surface area contributed by atoms with Gasteiger partial charge in [0.15, 0.2) is 4.80 Å². The highest BCUT2D eigenvalue weighted by atomic mass is 32.2. The van der Waals surface area contributed by atoms with Gasteiger partial charge in [-0.05, 0) is 36.1 Å². The number of thiazole rings is 1. The zero-order chi connectivity index (χ0) is 18.9. The van der Waals surface area contributed by atoms with E-state index in [1.807, 2.05) is 41.7 Å². The zero-order valence-electron chi connectivity index (χ0n) is 15.5. The Morgan fingerprint density at radius 1 is 1.07 bits per heavy atom. The van der Waals surface area contributed by atoms with E-state index in [0.29, 0.717) is 6.42 Å². The molecule has 0 fully saturated rings. The molecular weight excluding hydrogens is 392 g/mol. The molecule has 0 N–H and O–H groups in total. The van der Waals surface area contributed by atoms with Crippen molar-refractivity contribution in [1.82, 2.24) is 4.57 Å². The molecule has 0 aliphatic rings. The SMILES string of the molecule is CSCCn1c(=NC(=O)CCCSCc2ccccc2)sc2ccccc21. The van der Waals surface area contributed by atoms with Crippen LogP contribution in [-0.4, -0.2) is 28.2 Å². The number of aromatic nitrogens is 1. The number of hydrogen-bond acceptors (Lipinski definition) is 4. The van der Waals surface area contributed by atoms with Crippen molar-refractivity contribution in [2.45, 2.75) is 25.1 Å². The number of thioether (sulfide) groups is 2. The number of para-hydroxylation sites is 1. The van der Waals surface area contributed by atoms with E-state index in [4.69, 9.17) is 0 Å². The van der Waals surface area contributed by atoms with Crippen LogP contribution in [0.15, 0.2) is 59.6 Å². The molecule has 1 amide bonds. The summed E-state index contributed by atoms with van der Waals surface area (Å²) in [5, 5.41) is 0. The van der Waals surface area contributed by atoms with Crippen molar-refractivity contribution in [3.05, 3.63) is 65.0 Å². The van der Waals surface area contributed by atoms with Gasteiger partial charge in [-0.15, -0.1) is 0 Å². The second kappa shape index (κ2) is 10.7. The monoisotopic (exact) mass is 416 g/mol. The highest BCUT2D eigenvalue weighted by Crippen LogP contribution is 2.17. The lowest BCUT2D eigenvalue weighted by molar-refractivity contribution is -0.118. The van der Waals surface area contributed by atoms with Gasteiger partial charge in [0, 0.05) is 24.5 Å². The van der Waals surface area contributed by atoms with Gasteiger partial charge in [0.2, 0.25) is 5.91 Å². The lowest BCUT2D eigenvalue weighted by Crippen LogP contribution is -2.18. The number of aryl methyl sites for hydroxylation is 1. The van der Waals surface area contributed by atoms with E-state index < -0.39 is 0 Å². The average Bonchev–Trinajstić information content (AvgIpc) is 3.03. The summed E-state index contributed by atoms with van der Waals surface area (Å²) >= 11 is 5.29.